The van der Waals surface area contributed by atoms with Crippen LogP contribution in [-0.4, -0.2) is 46.5 Å². The summed E-state index contributed by atoms with van der Waals surface area (Å²) in [6.07, 6.45) is 0. The molecule has 26 heavy (non-hydrogen) atoms. The van der Waals surface area contributed by atoms with Gasteiger partial charge in [-0.15, -0.1) is 35.3 Å². The molecule has 6 nitrogen and oxygen atoms in total. The molecule has 2 N–H and O–H groups in total. The lowest BCUT2D eigenvalue weighted by Crippen LogP contribution is -2.42. The highest BCUT2D eigenvalue weighted by atomic mass is 127. The van der Waals surface area contributed by atoms with Crippen LogP contribution < -0.4 is 10.0 Å². The Balaban J connectivity index is 0.00000338. The number of aliphatic imine (C=N–C) groups is 1. The number of nitrogens with zero attached hydrogens (tertiary/aromatic N) is 2. The lowest BCUT2D eigenvalue weighted by Gasteiger charge is -2.22. The fourth-order valence-corrected chi connectivity index (χ4v) is 4.67. The molecule has 1 heterocycles. The van der Waals surface area contributed by atoms with Gasteiger partial charge in [-0.05, 0) is 23.1 Å². The highest BCUT2D eigenvalue weighted by Crippen LogP contribution is 2.17. The van der Waals surface area contributed by atoms with E-state index in [-0.39, 0.29) is 30.5 Å². The second-order valence-electron chi connectivity index (χ2n) is 5.25. The summed E-state index contributed by atoms with van der Waals surface area (Å²) in [5.74, 6) is 0.700. The Hall–Kier alpha value is -0.690. The predicted octanol–water partition coefficient (Wildman–Crippen LogP) is 3.11. The van der Waals surface area contributed by atoms with Crippen LogP contribution in [0.4, 0.5) is 0 Å². The Morgan fingerprint density at radius 1 is 1.23 bits per heavy atom. The SMILES string of the molecule is CN=C(NCCNS(=O)(=O)c1cccs1)N(C)Cc1ccccc1Br.I. The molecule has 0 unspecified atom stereocenters. The van der Waals surface area contributed by atoms with Gasteiger partial charge in [0.1, 0.15) is 4.21 Å². The lowest BCUT2D eigenvalue weighted by atomic mass is 10.2. The molecule has 144 valence electrons. The van der Waals surface area contributed by atoms with Crippen LogP contribution in [-0.2, 0) is 16.6 Å². The molecular weight excluding hydrogens is 551 g/mol. The number of thiophene rings is 1. The molecule has 0 fully saturated rings. The summed E-state index contributed by atoms with van der Waals surface area (Å²) in [6.45, 7) is 1.40. The molecule has 0 atom stereocenters. The minimum absolute atomic E-state index is 0. The molecule has 1 aromatic heterocycles. The standard InChI is InChI=1S/C16H21BrN4O2S2.HI/c1-18-16(21(2)12-13-6-3-4-7-14(13)17)19-9-10-20-25(22,23)15-8-5-11-24-15;/h3-8,11,20H,9-10,12H2,1-2H3,(H,18,19);1H. The summed E-state index contributed by atoms with van der Waals surface area (Å²) >= 11 is 4.74. The first-order chi connectivity index (χ1) is 11.9. The number of nitrogens with one attached hydrogen (secondary N) is 2. The first-order valence-corrected chi connectivity index (χ1v) is 10.8. The maximum absolute atomic E-state index is 12.0. The van der Waals surface area contributed by atoms with Gasteiger partial charge in [0.15, 0.2) is 5.96 Å². The first kappa shape index (κ1) is 23.3. The van der Waals surface area contributed by atoms with Gasteiger partial charge < -0.3 is 10.2 Å². The maximum atomic E-state index is 12.0. The number of sulfonamides is 1. The van der Waals surface area contributed by atoms with Crippen molar-refractivity contribution in [3.63, 3.8) is 0 Å². The number of hydrogen-bond acceptors (Lipinski definition) is 4. The van der Waals surface area contributed by atoms with Crippen LogP contribution >= 0.6 is 51.2 Å². The third-order valence-electron chi connectivity index (χ3n) is 3.40. The number of benzene rings is 1. The molecule has 0 aliphatic carbocycles. The van der Waals surface area contributed by atoms with Crippen molar-refractivity contribution in [2.24, 2.45) is 4.99 Å². The highest BCUT2D eigenvalue weighted by molar-refractivity contribution is 14.0. The molecule has 0 spiro atoms. The van der Waals surface area contributed by atoms with Crippen molar-refractivity contribution in [2.45, 2.75) is 10.8 Å². The van der Waals surface area contributed by atoms with Gasteiger partial charge in [0.25, 0.3) is 0 Å². The van der Waals surface area contributed by atoms with Crippen molar-refractivity contribution < 1.29 is 8.42 Å². The molecule has 0 aliphatic heterocycles. The lowest BCUT2D eigenvalue weighted by molar-refractivity contribution is 0.476. The van der Waals surface area contributed by atoms with Gasteiger partial charge in [-0.2, -0.15) is 0 Å². The van der Waals surface area contributed by atoms with Crippen LogP contribution in [0.1, 0.15) is 5.56 Å². The summed E-state index contributed by atoms with van der Waals surface area (Å²) < 4.78 is 28.0. The topological polar surface area (TPSA) is 73.8 Å². The Morgan fingerprint density at radius 3 is 2.58 bits per heavy atom. The van der Waals surface area contributed by atoms with Crippen molar-refractivity contribution >= 4 is 67.2 Å². The average Bonchev–Trinajstić information content (AvgIpc) is 3.12. The minimum atomic E-state index is -3.43. The molecule has 0 saturated heterocycles. The van der Waals surface area contributed by atoms with Crippen molar-refractivity contribution in [1.82, 2.24) is 14.9 Å². The van der Waals surface area contributed by atoms with E-state index >= 15 is 0 Å². The second kappa shape index (κ2) is 11.2. The zero-order chi connectivity index (χ0) is 18.3. The smallest absolute Gasteiger partial charge is 0.250 e. The molecule has 2 rings (SSSR count). The normalized spacial score (nSPS) is 11.7. The quantitative estimate of drug-likeness (QED) is 0.231. The van der Waals surface area contributed by atoms with Gasteiger partial charge in [0.05, 0.1) is 0 Å². The molecule has 0 aliphatic rings. The van der Waals surface area contributed by atoms with Gasteiger partial charge in [-0.25, -0.2) is 13.1 Å². The van der Waals surface area contributed by atoms with Crippen molar-refractivity contribution in [3.05, 3.63) is 51.8 Å². The third kappa shape index (κ3) is 6.80. The third-order valence-corrected chi connectivity index (χ3v) is 7.03. The van der Waals surface area contributed by atoms with Crippen LogP contribution in [0, 0.1) is 0 Å². The van der Waals surface area contributed by atoms with E-state index in [1.54, 1.807) is 24.6 Å². The zero-order valence-corrected chi connectivity index (χ0v) is 20.0. The van der Waals surface area contributed by atoms with Gasteiger partial charge >= 0.3 is 0 Å². The number of rotatable bonds is 7. The monoisotopic (exact) mass is 572 g/mol. The highest BCUT2D eigenvalue weighted by Gasteiger charge is 2.14. The summed E-state index contributed by atoms with van der Waals surface area (Å²) in [4.78, 5) is 6.22. The fourth-order valence-electron chi connectivity index (χ4n) is 2.19. The number of halogens is 2. The molecule has 1 aromatic carbocycles. The second-order valence-corrected chi connectivity index (χ2v) is 9.05. The Labute approximate surface area is 184 Å². The zero-order valence-electron chi connectivity index (χ0n) is 14.5. The van der Waals surface area contributed by atoms with E-state index in [4.69, 9.17) is 0 Å². The largest absolute Gasteiger partial charge is 0.355 e. The molecule has 0 saturated carbocycles. The average molecular weight is 573 g/mol. The Morgan fingerprint density at radius 2 is 1.96 bits per heavy atom. The van der Waals surface area contributed by atoms with E-state index < -0.39 is 10.0 Å². The van der Waals surface area contributed by atoms with Crippen molar-refractivity contribution in [3.8, 4) is 0 Å². The Bertz CT molecular complexity index is 813. The van der Waals surface area contributed by atoms with Crippen LogP contribution in [0.3, 0.4) is 0 Å². The van der Waals surface area contributed by atoms with Crippen molar-refractivity contribution in [2.75, 3.05) is 27.2 Å². The van der Waals surface area contributed by atoms with Crippen LogP contribution in [0.2, 0.25) is 0 Å². The first-order valence-electron chi connectivity index (χ1n) is 7.62. The molecular formula is C16H22BrIN4O2S2. The van der Waals surface area contributed by atoms with Crippen LogP contribution in [0.25, 0.3) is 0 Å². The van der Waals surface area contributed by atoms with E-state index in [1.807, 2.05) is 36.2 Å². The number of guanidine groups is 1. The van der Waals surface area contributed by atoms with Gasteiger partial charge in [0, 0.05) is 38.2 Å². The van der Waals surface area contributed by atoms with E-state index in [0.29, 0.717) is 23.3 Å². The fraction of sp³-hybridized carbons (Fsp3) is 0.312. The summed E-state index contributed by atoms with van der Waals surface area (Å²) in [5, 5.41) is 4.91. The van der Waals surface area contributed by atoms with E-state index in [9.17, 15) is 8.42 Å². The maximum Gasteiger partial charge on any atom is 0.250 e. The van der Waals surface area contributed by atoms with Gasteiger partial charge in [-0.3, -0.25) is 4.99 Å². The van der Waals surface area contributed by atoms with Gasteiger partial charge in [0.2, 0.25) is 10.0 Å². The van der Waals surface area contributed by atoms with E-state index in [0.717, 1.165) is 10.0 Å². The van der Waals surface area contributed by atoms with Crippen molar-refractivity contribution in [1.29, 1.82) is 0 Å². The van der Waals surface area contributed by atoms with Crippen LogP contribution in [0.15, 0.2) is 55.5 Å². The number of hydrogen-bond donors (Lipinski definition) is 2. The van der Waals surface area contributed by atoms with Gasteiger partial charge in [-0.1, -0.05) is 40.2 Å². The molecule has 10 heteroatoms. The van der Waals surface area contributed by atoms with E-state index in [1.165, 1.54) is 11.3 Å². The summed E-state index contributed by atoms with van der Waals surface area (Å²) in [6, 6.07) is 11.3. The Kier molecular flexibility index (Phi) is 10.1. The molecule has 0 bridgehead atoms. The molecule has 2 aromatic rings. The molecule has 0 amide bonds. The minimum Gasteiger partial charge on any atom is -0.355 e. The van der Waals surface area contributed by atoms with E-state index in [2.05, 4.69) is 31.0 Å². The summed E-state index contributed by atoms with van der Waals surface area (Å²) in [5.41, 5.74) is 1.14. The molecule has 0 radical (unpaired) electrons. The van der Waals surface area contributed by atoms with Crippen LogP contribution in [0.5, 0.6) is 0 Å². The summed E-state index contributed by atoms with van der Waals surface area (Å²) in [7, 11) is 0.211. The predicted molar refractivity (Wildman–Crippen MR) is 122 cm³/mol.